The first-order valence-corrected chi connectivity index (χ1v) is 5.95. The van der Waals surface area contributed by atoms with E-state index in [4.69, 9.17) is 9.84 Å². The van der Waals surface area contributed by atoms with Gasteiger partial charge in [0.2, 0.25) is 0 Å². The fraction of sp³-hybridized carbons (Fsp3) is 0.600. The van der Waals surface area contributed by atoms with Gasteiger partial charge in [-0.1, -0.05) is 0 Å². The highest BCUT2D eigenvalue weighted by Crippen LogP contribution is 2.22. The Bertz CT molecular complexity index is 398. The van der Waals surface area contributed by atoms with Crippen LogP contribution in [0.2, 0.25) is 0 Å². The van der Waals surface area contributed by atoms with Crippen molar-refractivity contribution in [3.8, 4) is 0 Å². The summed E-state index contributed by atoms with van der Waals surface area (Å²) in [4.78, 5) is 11.6. The second kappa shape index (κ2) is 5.50. The number of nitrogens with zero attached hydrogens (tertiary/aromatic N) is 2. The van der Waals surface area contributed by atoms with E-state index < -0.39 is 11.7 Å². The molecule has 7 heteroatoms. The van der Waals surface area contributed by atoms with Crippen LogP contribution in [0.25, 0.3) is 0 Å². The van der Waals surface area contributed by atoms with Crippen LogP contribution in [0.5, 0.6) is 0 Å². The molecule has 0 radical (unpaired) electrons. The van der Waals surface area contributed by atoms with E-state index >= 15 is 0 Å². The zero-order valence-electron chi connectivity index (χ0n) is 10.0. The summed E-state index contributed by atoms with van der Waals surface area (Å²) < 4.78 is 7.24. The van der Waals surface area contributed by atoms with Crippen molar-refractivity contribution in [3.05, 3.63) is 10.7 Å². The highest BCUT2D eigenvalue weighted by Gasteiger charge is 2.18. The summed E-state index contributed by atoms with van der Waals surface area (Å²) in [6, 6.07) is 0. The summed E-state index contributed by atoms with van der Waals surface area (Å²) in [7, 11) is 0. The molecule has 1 aromatic heterocycles. The van der Waals surface area contributed by atoms with Crippen molar-refractivity contribution >= 4 is 27.8 Å². The van der Waals surface area contributed by atoms with Gasteiger partial charge >= 0.3 is 6.09 Å². The van der Waals surface area contributed by atoms with Crippen LogP contribution in [-0.2, 0) is 11.3 Å². The van der Waals surface area contributed by atoms with Crippen LogP contribution in [0, 0.1) is 0 Å². The number of ether oxygens (including phenoxy) is 1. The number of hydrogen-bond acceptors (Lipinski definition) is 4. The Kier molecular flexibility index (Phi) is 4.53. The van der Waals surface area contributed by atoms with Crippen LogP contribution in [0.3, 0.4) is 0 Å². The summed E-state index contributed by atoms with van der Waals surface area (Å²) in [5.41, 5.74) is -0.557. The van der Waals surface area contributed by atoms with Crippen molar-refractivity contribution in [2.45, 2.75) is 32.9 Å². The number of amides is 1. The number of aliphatic hydroxyl groups is 1. The van der Waals surface area contributed by atoms with Crippen LogP contribution in [0.4, 0.5) is 10.6 Å². The number of halogens is 1. The Hall–Kier alpha value is -1.08. The van der Waals surface area contributed by atoms with E-state index in [1.54, 1.807) is 27.0 Å². The number of carbonyl (C=O) groups excluding carboxylic acids is 1. The first-order chi connectivity index (χ1) is 7.83. The van der Waals surface area contributed by atoms with Crippen molar-refractivity contribution in [3.63, 3.8) is 0 Å². The molecule has 0 saturated heterocycles. The van der Waals surface area contributed by atoms with Gasteiger partial charge in [-0.3, -0.25) is 5.32 Å². The van der Waals surface area contributed by atoms with E-state index in [2.05, 4.69) is 26.3 Å². The number of hydrogen-bond donors (Lipinski definition) is 2. The molecule has 0 spiro atoms. The monoisotopic (exact) mass is 305 g/mol. The molecule has 6 nitrogen and oxygen atoms in total. The molecule has 0 aliphatic heterocycles. The molecule has 1 amide bonds. The SMILES string of the molecule is CC(C)(C)OC(=O)Nc1c(Br)cnn1CCO. The molecule has 0 aliphatic rings. The minimum Gasteiger partial charge on any atom is -0.444 e. The maximum Gasteiger partial charge on any atom is 0.413 e. The van der Waals surface area contributed by atoms with Crippen molar-refractivity contribution in [2.75, 3.05) is 11.9 Å². The lowest BCUT2D eigenvalue weighted by Crippen LogP contribution is -2.28. The van der Waals surface area contributed by atoms with E-state index in [0.717, 1.165) is 0 Å². The van der Waals surface area contributed by atoms with Gasteiger partial charge in [0.15, 0.2) is 0 Å². The zero-order chi connectivity index (χ0) is 13.1. The molecule has 0 aromatic carbocycles. The summed E-state index contributed by atoms with van der Waals surface area (Å²) in [5.74, 6) is 0.466. The summed E-state index contributed by atoms with van der Waals surface area (Å²) in [5, 5.41) is 15.4. The predicted octanol–water partition coefficient (Wildman–Crippen LogP) is 1.98. The van der Waals surface area contributed by atoms with Crippen molar-refractivity contribution in [2.24, 2.45) is 0 Å². The third-order valence-electron chi connectivity index (χ3n) is 1.73. The highest BCUT2D eigenvalue weighted by molar-refractivity contribution is 9.10. The van der Waals surface area contributed by atoms with E-state index in [0.29, 0.717) is 16.8 Å². The highest BCUT2D eigenvalue weighted by atomic mass is 79.9. The van der Waals surface area contributed by atoms with Gasteiger partial charge in [-0.05, 0) is 36.7 Å². The second-order valence-corrected chi connectivity index (χ2v) is 5.27. The van der Waals surface area contributed by atoms with Crippen molar-refractivity contribution in [1.29, 1.82) is 0 Å². The number of aliphatic hydroxyl groups excluding tert-OH is 1. The van der Waals surface area contributed by atoms with Crippen molar-refractivity contribution in [1.82, 2.24) is 9.78 Å². The van der Waals surface area contributed by atoms with Gasteiger partial charge in [-0.15, -0.1) is 0 Å². The van der Waals surface area contributed by atoms with Gasteiger partial charge in [0.1, 0.15) is 11.4 Å². The van der Waals surface area contributed by atoms with E-state index in [9.17, 15) is 4.79 Å². The third kappa shape index (κ3) is 4.35. The van der Waals surface area contributed by atoms with E-state index in [1.807, 2.05) is 0 Å². The number of carbonyl (C=O) groups is 1. The average Bonchev–Trinajstić information content (AvgIpc) is 2.47. The van der Waals surface area contributed by atoms with Crippen LogP contribution in [0.1, 0.15) is 20.8 Å². The van der Waals surface area contributed by atoms with E-state index in [-0.39, 0.29) is 6.61 Å². The van der Waals surface area contributed by atoms with Gasteiger partial charge in [0.25, 0.3) is 0 Å². The van der Waals surface area contributed by atoms with Crippen LogP contribution in [0.15, 0.2) is 10.7 Å². The number of anilines is 1. The lowest BCUT2D eigenvalue weighted by Gasteiger charge is -2.20. The number of rotatable bonds is 3. The van der Waals surface area contributed by atoms with Gasteiger partial charge in [0.05, 0.1) is 23.8 Å². The van der Waals surface area contributed by atoms with E-state index in [1.165, 1.54) is 4.68 Å². The third-order valence-corrected chi connectivity index (χ3v) is 2.31. The minimum atomic E-state index is -0.558. The molecular formula is C10H16BrN3O3. The second-order valence-electron chi connectivity index (χ2n) is 4.41. The Morgan fingerprint density at radius 1 is 1.65 bits per heavy atom. The molecule has 0 saturated carbocycles. The standard InChI is InChI=1S/C10H16BrN3O3/c1-10(2,3)17-9(16)13-8-7(11)6-12-14(8)4-5-15/h6,15H,4-5H2,1-3H3,(H,13,16). The smallest absolute Gasteiger partial charge is 0.413 e. The first kappa shape index (κ1) is 14.0. The molecule has 0 atom stereocenters. The largest absolute Gasteiger partial charge is 0.444 e. The predicted molar refractivity (Wildman–Crippen MR) is 66.9 cm³/mol. The molecule has 0 aliphatic carbocycles. The van der Waals surface area contributed by atoms with Crippen LogP contribution in [-0.4, -0.2) is 33.2 Å². The average molecular weight is 306 g/mol. The first-order valence-electron chi connectivity index (χ1n) is 5.15. The van der Waals surface area contributed by atoms with Gasteiger partial charge in [-0.2, -0.15) is 5.10 Å². The molecule has 1 rings (SSSR count). The lowest BCUT2D eigenvalue weighted by molar-refractivity contribution is 0.0634. The Labute approximate surface area is 108 Å². The van der Waals surface area contributed by atoms with Crippen LogP contribution >= 0.6 is 15.9 Å². The maximum absolute atomic E-state index is 11.6. The molecule has 0 bridgehead atoms. The zero-order valence-corrected chi connectivity index (χ0v) is 11.6. The maximum atomic E-state index is 11.6. The molecule has 0 unspecified atom stereocenters. The lowest BCUT2D eigenvalue weighted by atomic mass is 10.2. The topological polar surface area (TPSA) is 76.4 Å². The minimum absolute atomic E-state index is 0.0584. The summed E-state index contributed by atoms with van der Waals surface area (Å²) in [6.45, 7) is 5.60. The van der Waals surface area contributed by atoms with Crippen LogP contribution < -0.4 is 5.32 Å². The normalized spacial score (nSPS) is 11.4. The van der Waals surface area contributed by atoms with Gasteiger partial charge < -0.3 is 9.84 Å². The Balaban J connectivity index is 2.73. The van der Waals surface area contributed by atoms with Crippen molar-refractivity contribution < 1.29 is 14.6 Å². The molecule has 0 fully saturated rings. The molecule has 17 heavy (non-hydrogen) atoms. The quantitative estimate of drug-likeness (QED) is 0.895. The van der Waals surface area contributed by atoms with Gasteiger partial charge in [0, 0.05) is 0 Å². The van der Waals surface area contributed by atoms with Gasteiger partial charge in [-0.25, -0.2) is 9.48 Å². The Morgan fingerprint density at radius 2 is 2.29 bits per heavy atom. The number of aromatic nitrogens is 2. The summed E-state index contributed by atoms with van der Waals surface area (Å²) >= 11 is 3.26. The molecule has 1 heterocycles. The molecule has 96 valence electrons. The molecule has 2 N–H and O–H groups in total. The summed E-state index contributed by atoms with van der Waals surface area (Å²) in [6.07, 6.45) is 0.987. The molecule has 1 aromatic rings. The Morgan fingerprint density at radius 3 is 2.82 bits per heavy atom. The fourth-order valence-corrected chi connectivity index (χ4v) is 1.55. The molecular weight excluding hydrogens is 290 g/mol. The number of nitrogens with one attached hydrogen (secondary N) is 1. The fourth-order valence-electron chi connectivity index (χ4n) is 1.15.